The Morgan fingerprint density at radius 2 is 1.72 bits per heavy atom. The molecule has 1 heterocycles. The predicted octanol–water partition coefficient (Wildman–Crippen LogP) is 2.89. The number of carbonyl (C=O) groups excluding carboxylic acids is 2. The Hall–Kier alpha value is -2.49. The number of piperazine rings is 1. The molecule has 2 aromatic carbocycles. The number of amides is 2. The van der Waals surface area contributed by atoms with Crippen LogP contribution in [0.15, 0.2) is 47.4 Å². The number of hydrogen-bond donors (Lipinski definition) is 1. The van der Waals surface area contributed by atoms with Crippen LogP contribution >= 0.6 is 11.6 Å². The van der Waals surface area contributed by atoms with Gasteiger partial charge in [0.05, 0.1) is 22.4 Å². The van der Waals surface area contributed by atoms with E-state index in [-0.39, 0.29) is 54.3 Å². The average molecular weight is 482 g/mol. The molecular formula is C22H25ClFN3O4S. The van der Waals surface area contributed by atoms with Gasteiger partial charge in [0.2, 0.25) is 21.8 Å². The molecule has 2 amide bonds. The number of benzene rings is 2. The fourth-order valence-corrected chi connectivity index (χ4v) is 5.26. The van der Waals surface area contributed by atoms with Gasteiger partial charge in [0.15, 0.2) is 0 Å². The summed E-state index contributed by atoms with van der Waals surface area (Å²) in [5, 5.41) is 2.55. The Morgan fingerprint density at radius 3 is 2.28 bits per heavy atom. The summed E-state index contributed by atoms with van der Waals surface area (Å²) in [7, 11) is -3.85. The third-order valence-corrected chi connectivity index (χ3v) is 7.54. The summed E-state index contributed by atoms with van der Waals surface area (Å²) in [5.41, 5.74) is 1.90. The van der Waals surface area contributed by atoms with Gasteiger partial charge in [0.1, 0.15) is 5.82 Å². The molecule has 1 atom stereocenters. The van der Waals surface area contributed by atoms with Crippen LogP contribution in [0.4, 0.5) is 4.39 Å². The van der Waals surface area contributed by atoms with Crippen LogP contribution in [-0.2, 0) is 19.6 Å². The Bertz CT molecular complexity index is 1100. The van der Waals surface area contributed by atoms with Gasteiger partial charge in [-0.1, -0.05) is 41.4 Å². The van der Waals surface area contributed by atoms with Crippen molar-refractivity contribution in [3.8, 4) is 0 Å². The third kappa shape index (κ3) is 5.65. The van der Waals surface area contributed by atoms with E-state index in [4.69, 9.17) is 11.6 Å². The van der Waals surface area contributed by atoms with Crippen molar-refractivity contribution in [2.45, 2.75) is 31.2 Å². The number of halogens is 2. The van der Waals surface area contributed by atoms with Gasteiger partial charge in [-0.15, -0.1) is 0 Å². The standard InChI is InChI=1S/C22H25ClFN3O4S/c1-15-3-5-17(6-4-15)21(25-16(2)28)14-22(29)26-9-11-27(12-10-26)32(30,31)18-7-8-20(24)19(23)13-18/h3-8,13,21H,9-12,14H2,1-2H3,(H,25,28). The van der Waals surface area contributed by atoms with E-state index >= 15 is 0 Å². The molecule has 1 unspecified atom stereocenters. The van der Waals surface area contributed by atoms with E-state index in [0.717, 1.165) is 23.3 Å². The van der Waals surface area contributed by atoms with Crippen molar-refractivity contribution in [3.63, 3.8) is 0 Å². The number of sulfonamides is 1. The van der Waals surface area contributed by atoms with Crippen LogP contribution in [0.2, 0.25) is 5.02 Å². The van der Waals surface area contributed by atoms with Gasteiger partial charge in [-0.25, -0.2) is 12.8 Å². The van der Waals surface area contributed by atoms with E-state index in [9.17, 15) is 22.4 Å². The lowest BCUT2D eigenvalue weighted by atomic mass is 10.0. The molecule has 0 spiro atoms. The lowest BCUT2D eigenvalue weighted by molar-refractivity contribution is -0.133. The highest BCUT2D eigenvalue weighted by atomic mass is 35.5. The SMILES string of the molecule is CC(=O)NC(CC(=O)N1CCN(S(=O)(=O)c2ccc(F)c(Cl)c2)CC1)c1ccc(C)cc1. The second-order valence-electron chi connectivity index (χ2n) is 7.73. The van der Waals surface area contributed by atoms with E-state index in [2.05, 4.69) is 5.32 Å². The number of hydrogen-bond acceptors (Lipinski definition) is 4. The van der Waals surface area contributed by atoms with Gasteiger partial charge in [-0.05, 0) is 30.7 Å². The molecule has 7 nitrogen and oxygen atoms in total. The molecule has 1 fully saturated rings. The number of nitrogens with zero attached hydrogens (tertiary/aromatic N) is 2. The van der Waals surface area contributed by atoms with E-state index < -0.39 is 21.9 Å². The normalized spacial score (nSPS) is 15.9. The van der Waals surface area contributed by atoms with Crippen molar-refractivity contribution in [2.75, 3.05) is 26.2 Å². The molecule has 3 rings (SSSR count). The minimum Gasteiger partial charge on any atom is -0.349 e. The molecule has 1 N–H and O–H groups in total. The zero-order valence-electron chi connectivity index (χ0n) is 17.8. The maximum Gasteiger partial charge on any atom is 0.243 e. The number of rotatable bonds is 6. The maximum atomic E-state index is 13.4. The van der Waals surface area contributed by atoms with Gasteiger partial charge >= 0.3 is 0 Å². The number of carbonyl (C=O) groups is 2. The molecule has 0 aromatic heterocycles. The minimum absolute atomic E-state index is 0.0724. The zero-order valence-corrected chi connectivity index (χ0v) is 19.4. The quantitative estimate of drug-likeness (QED) is 0.687. The van der Waals surface area contributed by atoms with Crippen LogP contribution in [0.5, 0.6) is 0 Å². The summed E-state index contributed by atoms with van der Waals surface area (Å²) < 4.78 is 40.3. The Kier molecular flexibility index (Phi) is 7.53. The molecule has 1 saturated heterocycles. The Balaban J connectivity index is 1.65. The predicted molar refractivity (Wildman–Crippen MR) is 119 cm³/mol. The fourth-order valence-electron chi connectivity index (χ4n) is 3.56. The highest BCUT2D eigenvalue weighted by molar-refractivity contribution is 7.89. The molecule has 1 aliphatic rings. The third-order valence-electron chi connectivity index (χ3n) is 5.36. The van der Waals surface area contributed by atoms with Gasteiger partial charge in [0.25, 0.3) is 0 Å². The number of nitrogens with one attached hydrogen (secondary N) is 1. The van der Waals surface area contributed by atoms with Crippen molar-refractivity contribution in [3.05, 3.63) is 64.4 Å². The maximum absolute atomic E-state index is 13.4. The lowest BCUT2D eigenvalue weighted by Crippen LogP contribution is -2.51. The van der Waals surface area contributed by atoms with Crippen molar-refractivity contribution in [1.29, 1.82) is 0 Å². The number of aryl methyl sites for hydroxylation is 1. The molecular weight excluding hydrogens is 457 g/mol. The molecule has 0 saturated carbocycles. The first-order chi connectivity index (χ1) is 15.1. The molecule has 0 radical (unpaired) electrons. The van der Waals surface area contributed by atoms with Gasteiger partial charge < -0.3 is 10.2 Å². The molecule has 2 aromatic rings. The van der Waals surface area contributed by atoms with Gasteiger partial charge in [0, 0.05) is 33.1 Å². The molecule has 0 aliphatic carbocycles. The van der Waals surface area contributed by atoms with Crippen LogP contribution in [0.1, 0.15) is 30.5 Å². The van der Waals surface area contributed by atoms with Crippen LogP contribution in [0, 0.1) is 12.7 Å². The smallest absolute Gasteiger partial charge is 0.243 e. The van der Waals surface area contributed by atoms with E-state index in [0.29, 0.717) is 0 Å². The van der Waals surface area contributed by atoms with Gasteiger partial charge in [-0.2, -0.15) is 4.31 Å². The fraction of sp³-hybridized carbons (Fsp3) is 0.364. The van der Waals surface area contributed by atoms with Crippen molar-refractivity contribution >= 4 is 33.4 Å². The molecule has 172 valence electrons. The van der Waals surface area contributed by atoms with E-state index in [1.54, 1.807) is 4.90 Å². The van der Waals surface area contributed by atoms with Gasteiger partial charge in [-0.3, -0.25) is 9.59 Å². The zero-order chi connectivity index (χ0) is 23.5. The average Bonchev–Trinajstić information content (AvgIpc) is 2.75. The first kappa shape index (κ1) is 24.2. The van der Waals surface area contributed by atoms with Crippen molar-refractivity contribution in [2.24, 2.45) is 0 Å². The largest absolute Gasteiger partial charge is 0.349 e. The minimum atomic E-state index is -3.85. The van der Waals surface area contributed by atoms with Crippen LogP contribution in [0.3, 0.4) is 0 Å². The summed E-state index contributed by atoms with van der Waals surface area (Å²) >= 11 is 5.73. The summed E-state index contributed by atoms with van der Waals surface area (Å²) in [4.78, 5) is 26.0. The first-order valence-corrected chi connectivity index (χ1v) is 12.0. The van der Waals surface area contributed by atoms with Crippen molar-refractivity contribution in [1.82, 2.24) is 14.5 Å². The van der Waals surface area contributed by atoms with Crippen LogP contribution in [-0.4, -0.2) is 55.6 Å². The second kappa shape index (κ2) is 9.97. The summed E-state index contributed by atoms with van der Waals surface area (Å²) in [6.07, 6.45) is 0.0724. The van der Waals surface area contributed by atoms with Crippen molar-refractivity contribution < 1.29 is 22.4 Å². The Labute approximate surface area is 192 Å². The van der Waals surface area contributed by atoms with E-state index in [1.165, 1.54) is 17.3 Å². The Morgan fingerprint density at radius 1 is 1.09 bits per heavy atom. The second-order valence-corrected chi connectivity index (χ2v) is 10.1. The highest BCUT2D eigenvalue weighted by Gasteiger charge is 2.31. The van der Waals surface area contributed by atoms with E-state index in [1.807, 2.05) is 31.2 Å². The summed E-state index contributed by atoms with van der Waals surface area (Å²) in [6, 6.07) is 10.4. The molecule has 10 heteroatoms. The topological polar surface area (TPSA) is 86.8 Å². The summed E-state index contributed by atoms with van der Waals surface area (Å²) in [6.45, 7) is 4.00. The summed E-state index contributed by atoms with van der Waals surface area (Å²) in [5.74, 6) is -1.10. The molecule has 1 aliphatic heterocycles. The molecule has 0 bridgehead atoms. The first-order valence-electron chi connectivity index (χ1n) is 10.1. The monoisotopic (exact) mass is 481 g/mol. The highest BCUT2D eigenvalue weighted by Crippen LogP contribution is 2.24. The van der Waals surface area contributed by atoms with Crippen LogP contribution < -0.4 is 5.32 Å². The molecule has 32 heavy (non-hydrogen) atoms. The lowest BCUT2D eigenvalue weighted by Gasteiger charge is -2.34. The van der Waals surface area contributed by atoms with Crippen LogP contribution in [0.25, 0.3) is 0 Å².